The number of aryl methyl sites for hydroxylation is 2. The van der Waals surface area contributed by atoms with Crippen molar-refractivity contribution in [3.63, 3.8) is 0 Å². The molecular formula is C12H13FN4O. The molecule has 2 aromatic rings. The highest BCUT2D eigenvalue weighted by Crippen LogP contribution is 2.19. The Hall–Kier alpha value is -2.37. The van der Waals surface area contributed by atoms with Crippen LogP contribution in [-0.2, 0) is 0 Å². The van der Waals surface area contributed by atoms with E-state index in [4.69, 9.17) is 10.9 Å². The van der Waals surface area contributed by atoms with Crippen molar-refractivity contribution in [1.29, 1.82) is 0 Å². The van der Waals surface area contributed by atoms with Gasteiger partial charge < -0.3 is 10.9 Å². The first-order chi connectivity index (χ1) is 8.54. The first kappa shape index (κ1) is 12.1. The highest BCUT2D eigenvalue weighted by molar-refractivity contribution is 6.00. The van der Waals surface area contributed by atoms with Crippen molar-refractivity contribution in [2.45, 2.75) is 13.8 Å². The fourth-order valence-electron chi connectivity index (χ4n) is 1.87. The third kappa shape index (κ3) is 1.92. The number of rotatable bonds is 2. The van der Waals surface area contributed by atoms with Gasteiger partial charge in [-0.15, -0.1) is 0 Å². The predicted molar refractivity (Wildman–Crippen MR) is 65.5 cm³/mol. The molecule has 1 aromatic heterocycles. The fraction of sp³-hybridized carbons (Fsp3) is 0.167. The molecule has 18 heavy (non-hydrogen) atoms. The molecule has 0 saturated heterocycles. The van der Waals surface area contributed by atoms with Crippen LogP contribution in [-0.4, -0.2) is 20.8 Å². The van der Waals surface area contributed by atoms with Crippen LogP contribution in [0.1, 0.15) is 17.0 Å². The van der Waals surface area contributed by atoms with Gasteiger partial charge in [0, 0.05) is 5.69 Å². The number of benzene rings is 1. The number of oxime groups is 1. The van der Waals surface area contributed by atoms with Crippen molar-refractivity contribution in [1.82, 2.24) is 9.78 Å². The van der Waals surface area contributed by atoms with Crippen LogP contribution in [0.25, 0.3) is 5.69 Å². The Balaban J connectivity index is 2.72. The summed E-state index contributed by atoms with van der Waals surface area (Å²) in [5.74, 6) is -0.842. The van der Waals surface area contributed by atoms with Crippen molar-refractivity contribution in [3.8, 4) is 5.69 Å². The lowest BCUT2D eigenvalue weighted by Gasteiger charge is -2.10. The van der Waals surface area contributed by atoms with Crippen LogP contribution in [0.2, 0.25) is 0 Å². The summed E-state index contributed by atoms with van der Waals surface area (Å²) in [5, 5.41) is 15.8. The topological polar surface area (TPSA) is 76.4 Å². The molecule has 0 radical (unpaired) electrons. The summed E-state index contributed by atoms with van der Waals surface area (Å²) in [5.41, 5.74) is 7.63. The Morgan fingerprint density at radius 1 is 1.44 bits per heavy atom. The summed E-state index contributed by atoms with van der Waals surface area (Å²) >= 11 is 0. The number of hydrogen-bond donors (Lipinski definition) is 2. The van der Waals surface area contributed by atoms with Crippen LogP contribution >= 0.6 is 0 Å². The van der Waals surface area contributed by atoms with Gasteiger partial charge in [0.2, 0.25) is 0 Å². The Morgan fingerprint density at radius 2 is 2.17 bits per heavy atom. The lowest BCUT2D eigenvalue weighted by molar-refractivity contribution is 0.318. The van der Waals surface area contributed by atoms with E-state index in [2.05, 4.69) is 10.3 Å². The molecule has 0 fully saturated rings. The van der Waals surface area contributed by atoms with Crippen LogP contribution in [0.5, 0.6) is 0 Å². The molecule has 0 aliphatic rings. The van der Waals surface area contributed by atoms with E-state index in [1.807, 2.05) is 19.9 Å². The van der Waals surface area contributed by atoms with Crippen molar-refractivity contribution >= 4 is 5.84 Å². The largest absolute Gasteiger partial charge is 0.409 e. The lowest BCUT2D eigenvalue weighted by atomic mass is 10.1. The van der Waals surface area contributed by atoms with Crippen molar-refractivity contribution in [2.24, 2.45) is 10.9 Å². The summed E-state index contributed by atoms with van der Waals surface area (Å²) in [7, 11) is 0. The van der Waals surface area contributed by atoms with E-state index in [0.29, 0.717) is 5.69 Å². The van der Waals surface area contributed by atoms with E-state index in [9.17, 15) is 4.39 Å². The van der Waals surface area contributed by atoms with Gasteiger partial charge in [0.05, 0.1) is 16.9 Å². The minimum absolute atomic E-state index is 0.0335. The molecule has 6 heteroatoms. The zero-order chi connectivity index (χ0) is 13.3. The molecule has 94 valence electrons. The van der Waals surface area contributed by atoms with E-state index < -0.39 is 5.82 Å². The maximum absolute atomic E-state index is 13.8. The number of hydrogen-bond acceptors (Lipinski definition) is 3. The lowest BCUT2D eigenvalue weighted by Crippen LogP contribution is -2.19. The fourth-order valence-corrected chi connectivity index (χ4v) is 1.87. The molecule has 0 unspecified atom stereocenters. The van der Waals surface area contributed by atoms with E-state index in [0.717, 1.165) is 11.4 Å². The Kier molecular flexibility index (Phi) is 3.01. The van der Waals surface area contributed by atoms with Crippen LogP contribution in [0.3, 0.4) is 0 Å². The first-order valence-electron chi connectivity index (χ1n) is 5.34. The number of halogens is 1. The second kappa shape index (κ2) is 4.48. The molecule has 0 spiro atoms. The maximum atomic E-state index is 13.8. The number of amidine groups is 1. The molecular weight excluding hydrogens is 235 g/mol. The van der Waals surface area contributed by atoms with Crippen LogP contribution in [0.4, 0.5) is 4.39 Å². The normalized spacial score (nSPS) is 11.8. The Labute approximate surface area is 103 Å². The first-order valence-corrected chi connectivity index (χ1v) is 5.34. The van der Waals surface area contributed by atoms with Crippen LogP contribution < -0.4 is 5.73 Å². The molecule has 0 amide bonds. The molecule has 0 atom stereocenters. The van der Waals surface area contributed by atoms with Crippen LogP contribution in [0.15, 0.2) is 29.4 Å². The van der Waals surface area contributed by atoms with Crippen LogP contribution in [0, 0.1) is 19.7 Å². The molecule has 0 aliphatic heterocycles. The molecule has 0 bridgehead atoms. The zero-order valence-electron chi connectivity index (χ0n) is 10.1. The third-order valence-electron chi connectivity index (χ3n) is 2.59. The number of aromatic nitrogens is 2. The molecule has 5 nitrogen and oxygen atoms in total. The van der Waals surface area contributed by atoms with E-state index in [1.54, 1.807) is 16.8 Å². The van der Waals surface area contributed by atoms with Gasteiger partial charge in [-0.2, -0.15) is 5.10 Å². The zero-order valence-corrected chi connectivity index (χ0v) is 10.1. The highest BCUT2D eigenvalue weighted by Gasteiger charge is 2.16. The average molecular weight is 248 g/mol. The summed E-state index contributed by atoms with van der Waals surface area (Å²) in [4.78, 5) is 0. The smallest absolute Gasteiger partial charge is 0.175 e. The summed E-state index contributed by atoms with van der Waals surface area (Å²) in [6.07, 6.45) is 0. The van der Waals surface area contributed by atoms with Gasteiger partial charge >= 0.3 is 0 Å². The summed E-state index contributed by atoms with van der Waals surface area (Å²) in [6, 6.07) is 6.33. The number of nitrogens with zero attached hydrogens (tertiary/aromatic N) is 3. The SMILES string of the molecule is Cc1cc(C)n(-c2cccc(F)c2C(N)=NO)n1. The molecule has 0 aliphatic carbocycles. The second-order valence-corrected chi connectivity index (χ2v) is 3.96. The number of nitrogens with two attached hydrogens (primary N) is 1. The molecule has 3 N–H and O–H groups in total. The summed E-state index contributed by atoms with van der Waals surface area (Å²) in [6.45, 7) is 3.69. The van der Waals surface area contributed by atoms with Gasteiger partial charge in [0.15, 0.2) is 5.84 Å². The second-order valence-electron chi connectivity index (χ2n) is 3.96. The van der Waals surface area contributed by atoms with Gasteiger partial charge in [0.1, 0.15) is 5.82 Å². The minimum Gasteiger partial charge on any atom is -0.409 e. The molecule has 0 saturated carbocycles. The van der Waals surface area contributed by atoms with Gasteiger partial charge in [0.25, 0.3) is 0 Å². The van der Waals surface area contributed by atoms with Gasteiger partial charge in [-0.05, 0) is 32.0 Å². The standard InChI is InChI=1S/C12H13FN4O/c1-7-6-8(2)17(15-7)10-5-3-4-9(13)11(10)12(14)16-18/h3-6,18H,1-2H3,(H2,14,16). The van der Waals surface area contributed by atoms with E-state index >= 15 is 0 Å². The van der Waals surface area contributed by atoms with Gasteiger partial charge in [-0.25, -0.2) is 9.07 Å². The Bertz CT molecular complexity index is 619. The van der Waals surface area contributed by atoms with Gasteiger partial charge in [-0.1, -0.05) is 11.2 Å². The average Bonchev–Trinajstić information content (AvgIpc) is 2.67. The maximum Gasteiger partial charge on any atom is 0.175 e. The van der Waals surface area contributed by atoms with E-state index in [-0.39, 0.29) is 11.4 Å². The van der Waals surface area contributed by atoms with Crippen molar-refractivity contribution < 1.29 is 9.60 Å². The highest BCUT2D eigenvalue weighted by atomic mass is 19.1. The quantitative estimate of drug-likeness (QED) is 0.368. The van der Waals surface area contributed by atoms with Crippen molar-refractivity contribution in [2.75, 3.05) is 0 Å². The minimum atomic E-state index is -0.560. The van der Waals surface area contributed by atoms with E-state index in [1.165, 1.54) is 6.07 Å². The monoisotopic (exact) mass is 248 g/mol. The molecule has 1 aromatic carbocycles. The Morgan fingerprint density at radius 3 is 2.72 bits per heavy atom. The predicted octanol–water partition coefficient (Wildman–Crippen LogP) is 1.72. The molecule has 2 rings (SSSR count). The van der Waals surface area contributed by atoms with Gasteiger partial charge in [-0.3, -0.25) is 0 Å². The molecule has 1 heterocycles. The van der Waals surface area contributed by atoms with Crippen molar-refractivity contribution in [3.05, 3.63) is 47.0 Å². The summed E-state index contributed by atoms with van der Waals surface area (Å²) < 4.78 is 15.4. The third-order valence-corrected chi connectivity index (χ3v) is 2.59.